The highest BCUT2D eigenvalue weighted by atomic mass is 127. The number of ether oxygens (including phenoxy) is 1. The minimum Gasteiger partial charge on any atom is -0.456 e. The SMILES string of the molecule is NCCc1cc(Cl)ccc1Oc1ccccc1I. The number of halogens is 2. The molecule has 0 saturated carbocycles. The summed E-state index contributed by atoms with van der Waals surface area (Å²) in [5.41, 5.74) is 6.63. The van der Waals surface area contributed by atoms with Crippen LogP contribution in [-0.4, -0.2) is 6.54 Å². The molecule has 0 atom stereocenters. The lowest BCUT2D eigenvalue weighted by Gasteiger charge is -2.12. The molecule has 94 valence electrons. The number of hydrogen-bond acceptors (Lipinski definition) is 2. The number of hydrogen-bond donors (Lipinski definition) is 1. The third kappa shape index (κ3) is 3.37. The first-order valence-electron chi connectivity index (χ1n) is 5.61. The molecular weight excluding hydrogens is 361 g/mol. The molecule has 4 heteroatoms. The van der Waals surface area contributed by atoms with E-state index in [2.05, 4.69) is 22.6 Å². The van der Waals surface area contributed by atoms with E-state index in [-0.39, 0.29) is 0 Å². The highest BCUT2D eigenvalue weighted by Crippen LogP contribution is 2.30. The van der Waals surface area contributed by atoms with Crippen molar-refractivity contribution in [3.05, 3.63) is 56.6 Å². The standard InChI is InChI=1S/C14H13ClINO/c15-11-5-6-13(10(9-11)7-8-17)18-14-4-2-1-3-12(14)16/h1-6,9H,7-8,17H2. The Morgan fingerprint density at radius 3 is 2.61 bits per heavy atom. The van der Waals surface area contributed by atoms with Gasteiger partial charge in [0.2, 0.25) is 0 Å². The molecule has 0 unspecified atom stereocenters. The van der Waals surface area contributed by atoms with Gasteiger partial charge in [0.05, 0.1) is 3.57 Å². The summed E-state index contributed by atoms with van der Waals surface area (Å²) in [7, 11) is 0. The maximum absolute atomic E-state index is 5.99. The molecule has 0 heterocycles. The predicted molar refractivity (Wildman–Crippen MR) is 83.4 cm³/mol. The first kappa shape index (κ1) is 13.6. The molecule has 0 aliphatic rings. The van der Waals surface area contributed by atoms with E-state index in [9.17, 15) is 0 Å². The Morgan fingerprint density at radius 2 is 1.89 bits per heavy atom. The van der Waals surface area contributed by atoms with Gasteiger partial charge >= 0.3 is 0 Å². The van der Waals surface area contributed by atoms with Crippen LogP contribution in [-0.2, 0) is 6.42 Å². The van der Waals surface area contributed by atoms with Crippen molar-refractivity contribution < 1.29 is 4.74 Å². The van der Waals surface area contributed by atoms with Crippen LogP contribution in [0.2, 0.25) is 5.02 Å². The van der Waals surface area contributed by atoms with Gasteiger partial charge in [-0.2, -0.15) is 0 Å². The van der Waals surface area contributed by atoms with Crippen molar-refractivity contribution in [1.29, 1.82) is 0 Å². The molecule has 2 rings (SSSR count). The Balaban J connectivity index is 2.31. The van der Waals surface area contributed by atoms with Crippen LogP contribution in [0.15, 0.2) is 42.5 Å². The van der Waals surface area contributed by atoms with Crippen LogP contribution in [0.4, 0.5) is 0 Å². The molecule has 0 amide bonds. The van der Waals surface area contributed by atoms with Gasteiger partial charge in [0.15, 0.2) is 0 Å². The van der Waals surface area contributed by atoms with Gasteiger partial charge in [0.1, 0.15) is 11.5 Å². The van der Waals surface area contributed by atoms with Gasteiger partial charge in [-0.3, -0.25) is 0 Å². The molecule has 0 bridgehead atoms. The number of benzene rings is 2. The molecule has 2 aromatic rings. The Kier molecular flexibility index (Phi) is 4.86. The lowest BCUT2D eigenvalue weighted by molar-refractivity contribution is 0.473. The van der Waals surface area contributed by atoms with E-state index in [1.54, 1.807) is 0 Å². The average Bonchev–Trinajstić information content (AvgIpc) is 2.35. The zero-order valence-corrected chi connectivity index (χ0v) is 12.6. The molecule has 2 nitrogen and oxygen atoms in total. The quantitative estimate of drug-likeness (QED) is 0.814. The maximum atomic E-state index is 5.99. The van der Waals surface area contributed by atoms with Crippen LogP contribution in [0.1, 0.15) is 5.56 Å². The van der Waals surface area contributed by atoms with Crippen LogP contribution >= 0.6 is 34.2 Å². The summed E-state index contributed by atoms with van der Waals surface area (Å²) in [6.45, 7) is 0.572. The molecule has 18 heavy (non-hydrogen) atoms. The van der Waals surface area contributed by atoms with Crippen LogP contribution in [0, 0.1) is 3.57 Å². The third-order valence-corrected chi connectivity index (χ3v) is 3.62. The molecule has 0 saturated heterocycles. The Bertz CT molecular complexity index is 545. The zero-order valence-electron chi connectivity index (χ0n) is 9.70. The summed E-state index contributed by atoms with van der Waals surface area (Å²) in [6.07, 6.45) is 0.749. The fourth-order valence-electron chi connectivity index (χ4n) is 1.64. The fraction of sp³-hybridized carbons (Fsp3) is 0.143. The van der Waals surface area contributed by atoms with E-state index in [1.165, 1.54) is 0 Å². The van der Waals surface area contributed by atoms with E-state index in [0.29, 0.717) is 11.6 Å². The predicted octanol–water partition coefficient (Wildman–Crippen LogP) is 4.24. The molecular formula is C14H13ClINO. The summed E-state index contributed by atoms with van der Waals surface area (Å²) >= 11 is 8.24. The Morgan fingerprint density at radius 1 is 1.11 bits per heavy atom. The summed E-state index contributed by atoms with van der Waals surface area (Å²) in [5, 5.41) is 0.702. The van der Waals surface area contributed by atoms with Gasteiger partial charge in [0.25, 0.3) is 0 Å². The normalized spacial score (nSPS) is 10.4. The van der Waals surface area contributed by atoms with Gasteiger partial charge in [-0.05, 0) is 71.5 Å². The molecule has 0 aliphatic heterocycles. The maximum Gasteiger partial charge on any atom is 0.140 e. The van der Waals surface area contributed by atoms with Crippen molar-refractivity contribution in [3.63, 3.8) is 0 Å². The van der Waals surface area contributed by atoms with E-state index in [4.69, 9.17) is 22.1 Å². The van der Waals surface area contributed by atoms with Crippen molar-refractivity contribution in [2.45, 2.75) is 6.42 Å². The molecule has 0 fully saturated rings. The zero-order chi connectivity index (χ0) is 13.0. The summed E-state index contributed by atoms with van der Waals surface area (Å²) in [5.74, 6) is 1.66. The lowest BCUT2D eigenvalue weighted by atomic mass is 10.1. The molecule has 0 aromatic heterocycles. The molecule has 2 N–H and O–H groups in total. The second-order valence-corrected chi connectivity index (χ2v) is 5.42. The summed E-state index contributed by atoms with van der Waals surface area (Å²) in [6, 6.07) is 13.5. The largest absolute Gasteiger partial charge is 0.456 e. The van der Waals surface area contributed by atoms with Crippen molar-refractivity contribution >= 4 is 34.2 Å². The minimum absolute atomic E-state index is 0.572. The fourth-order valence-corrected chi connectivity index (χ4v) is 2.34. The van der Waals surface area contributed by atoms with Crippen molar-refractivity contribution in [3.8, 4) is 11.5 Å². The second kappa shape index (κ2) is 6.41. The monoisotopic (exact) mass is 373 g/mol. The minimum atomic E-state index is 0.572. The van der Waals surface area contributed by atoms with Gasteiger partial charge in [0, 0.05) is 5.02 Å². The van der Waals surface area contributed by atoms with Gasteiger partial charge < -0.3 is 10.5 Å². The Labute approximate surface area is 125 Å². The second-order valence-electron chi connectivity index (χ2n) is 3.82. The molecule has 0 radical (unpaired) electrons. The van der Waals surface area contributed by atoms with Gasteiger partial charge in [-0.15, -0.1) is 0 Å². The van der Waals surface area contributed by atoms with Crippen molar-refractivity contribution in [2.24, 2.45) is 5.73 Å². The summed E-state index contributed by atoms with van der Waals surface area (Å²) in [4.78, 5) is 0. The highest BCUT2D eigenvalue weighted by Gasteiger charge is 2.07. The van der Waals surface area contributed by atoms with Gasteiger partial charge in [-0.1, -0.05) is 23.7 Å². The first-order chi connectivity index (χ1) is 8.70. The lowest BCUT2D eigenvalue weighted by Crippen LogP contribution is -2.04. The van der Waals surface area contributed by atoms with E-state index in [1.807, 2.05) is 42.5 Å². The van der Waals surface area contributed by atoms with E-state index >= 15 is 0 Å². The van der Waals surface area contributed by atoms with E-state index in [0.717, 1.165) is 27.1 Å². The molecule has 0 spiro atoms. The molecule has 0 aliphatic carbocycles. The van der Waals surface area contributed by atoms with Gasteiger partial charge in [-0.25, -0.2) is 0 Å². The van der Waals surface area contributed by atoms with E-state index < -0.39 is 0 Å². The van der Waals surface area contributed by atoms with Crippen molar-refractivity contribution in [2.75, 3.05) is 6.54 Å². The third-order valence-electron chi connectivity index (χ3n) is 2.49. The van der Waals surface area contributed by atoms with Crippen molar-refractivity contribution in [1.82, 2.24) is 0 Å². The summed E-state index contributed by atoms with van der Waals surface area (Å²) < 4.78 is 7.00. The van der Waals surface area contributed by atoms with Crippen LogP contribution < -0.4 is 10.5 Å². The van der Waals surface area contributed by atoms with Crippen LogP contribution in [0.3, 0.4) is 0 Å². The van der Waals surface area contributed by atoms with Crippen LogP contribution in [0.25, 0.3) is 0 Å². The first-order valence-corrected chi connectivity index (χ1v) is 7.07. The highest BCUT2D eigenvalue weighted by molar-refractivity contribution is 14.1. The number of nitrogens with two attached hydrogens (primary N) is 1. The smallest absolute Gasteiger partial charge is 0.140 e. The topological polar surface area (TPSA) is 35.2 Å². The molecule has 2 aromatic carbocycles. The number of para-hydroxylation sites is 1. The van der Waals surface area contributed by atoms with Crippen LogP contribution in [0.5, 0.6) is 11.5 Å². The average molecular weight is 374 g/mol. The number of rotatable bonds is 4. The Hall–Kier alpha value is -0.780.